The highest BCUT2D eigenvalue weighted by Crippen LogP contribution is 2.24. The van der Waals surface area contributed by atoms with Gasteiger partial charge in [-0.05, 0) is 31.3 Å². The van der Waals surface area contributed by atoms with Crippen LogP contribution >= 0.6 is 0 Å². The van der Waals surface area contributed by atoms with E-state index in [1.165, 1.54) is 19.4 Å². The van der Waals surface area contributed by atoms with Gasteiger partial charge in [0.2, 0.25) is 10.0 Å². The standard InChI is InChI=1S/C12H15N5O2S/c1-14-20(18,19)12-6-9(13)2-3-11(12)16-7-10-4-5-15-8-17-10/h2-6,8,14,16H,7,13H2,1H3. The van der Waals surface area contributed by atoms with Gasteiger partial charge in [-0.2, -0.15) is 0 Å². The molecule has 106 valence electrons. The number of aromatic nitrogens is 2. The van der Waals surface area contributed by atoms with Crippen molar-refractivity contribution < 1.29 is 8.42 Å². The summed E-state index contributed by atoms with van der Waals surface area (Å²) in [7, 11) is -2.23. The summed E-state index contributed by atoms with van der Waals surface area (Å²) in [5.41, 5.74) is 7.25. The molecule has 8 heteroatoms. The van der Waals surface area contributed by atoms with Crippen LogP contribution in [0.3, 0.4) is 0 Å². The smallest absolute Gasteiger partial charge is 0.242 e. The van der Waals surface area contributed by atoms with Crippen LogP contribution in [0.4, 0.5) is 11.4 Å². The predicted octanol–water partition coefficient (Wildman–Crippen LogP) is 0.579. The predicted molar refractivity (Wildman–Crippen MR) is 76.5 cm³/mol. The van der Waals surface area contributed by atoms with E-state index in [2.05, 4.69) is 20.0 Å². The summed E-state index contributed by atoms with van der Waals surface area (Å²) in [6, 6.07) is 6.42. The number of sulfonamides is 1. The molecule has 0 saturated heterocycles. The lowest BCUT2D eigenvalue weighted by Crippen LogP contribution is -2.20. The van der Waals surface area contributed by atoms with E-state index < -0.39 is 10.0 Å². The SMILES string of the molecule is CNS(=O)(=O)c1cc(N)ccc1NCc1ccncn1. The first-order valence-electron chi connectivity index (χ1n) is 5.85. The van der Waals surface area contributed by atoms with Gasteiger partial charge in [0.15, 0.2) is 0 Å². The zero-order valence-corrected chi connectivity index (χ0v) is 11.7. The summed E-state index contributed by atoms with van der Waals surface area (Å²) in [5.74, 6) is 0. The van der Waals surface area contributed by atoms with Crippen molar-refractivity contribution in [1.82, 2.24) is 14.7 Å². The van der Waals surface area contributed by atoms with Gasteiger partial charge in [0.05, 0.1) is 17.9 Å². The molecule has 0 aliphatic heterocycles. The lowest BCUT2D eigenvalue weighted by atomic mass is 10.2. The van der Waals surface area contributed by atoms with E-state index in [1.807, 2.05) is 0 Å². The van der Waals surface area contributed by atoms with Gasteiger partial charge in [-0.3, -0.25) is 0 Å². The number of nitrogens with one attached hydrogen (secondary N) is 2. The molecule has 2 rings (SSSR count). The maximum absolute atomic E-state index is 12.0. The molecule has 0 radical (unpaired) electrons. The quantitative estimate of drug-likeness (QED) is 0.696. The van der Waals surface area contributed by atoms with E-state index in [0.29, 0.717) is 17.9 Å². The normalized spacial score (nSPS) is 11.2. The number of nitrogens with two attached hydrogens (primary N) is 1. The van der Waals surface area contributed by atoms with Gasteiger partial charge in [0.25, 0.3) is 0 Å². The topological polar surface area (TPSA) is 110 Å². The fraction of sp³-hybridized carbons (Fsp3) is 0.167. The molecule has 1 aromatic carbocycles. The van der Waals surface area contributed by atoms with Crippen LogP contribution in [0.2, 0.25) is 0 Å². The number of benzene rings is 1. The van der Waals surface area contributed by atoms with E-state index in [0.717, 1.165) is 5.69 Å². The van der Waals surface area contributed by atoms with Crippen molar-refractivity contribution in [3.05, 3.63) is 42.5 Å². The van der Waals surface area contributed by atoms with E-state index in [1.54, 1.807) is 24.4 Å². The Morgan fingerprint density at radius 1 is 1.30 bits per heavy atom. The molecule has 0 aliphatic rings. The first-order chi connectivity index (χ1) is 9.53. The molecular formula is C12H15N5O2S. The van der Waals surface area contributed by atoms with Crippen molar-refractivity contribution >= 4 is 21.4 Å². The van der Waals surface area contributed by atoms with Crippen molar-refractivity contribution in [1.29, 1.82) is 0 Å². The molecule has 1 heterocycles. The van der Waals surface area contributed by atoms with Crippen LogP contribution in [-0.4, -0.2) is 25.4 Å². The number of hydrogen-bond acceptors (Lipinski definition) is 6. The summed E-state index contributed by atoms with van der Waals surface area (Å²) in [6.07, 6.45) is 3.06. The number of nitrogens with zero attached hydrogens (tertiary/aromatic N) is 2. The Morgan fingerprint density at radius 2 is 2.10 bits per heavy atom. The lowest BCUT2D eigenvalue weighted by molar-refractivity contribution is 0.588. The van der Waals surface area contributed by atoms with Crippen LogP contribution in [0.15, 0.2) is 41.7 Å². The van der Waals surface area contributed by atoms with E-state index in [9.17, 15) is 8.42 Å². The molecule has 20 heavy (non-hydrogen) atoms. The maximum atomic E-state index is 12.0. The van der Waals surface area contributed by atoms with Gasteiger partial charge in [-0.1, -0.05) is 0 Å². The third kappa shape index (κ3) is 3.22. The molecule has 0 aliphatic carbocycles. The zero-order chi connectivity index (χ0) is 14.6. The molecule has 0 atom stereocenters. The van der Waals surface area contributed by atoms with Crippen LogP contribution in [0.25, 0.3) is 0 Å². The molecule has 4 N–H and O–H groups in total. The van der Waals surface area contributed by atoms with Crippen LogP contribution in [-0.2, 0) is 16.6 Å². The minimum atomic E-state index is -3.58. The Kier molecular flexibility index (Phi) is 4.16. The van der Waals surface area contributed by atoms with Crippen molar-refractivity contribution in [2.24, 2.45) is 0 Å². The van der Waals surface area contributed by atoms with Gasteiger partial charge in [-0.25, -0.2) is 23.1 Å². The van der Waals surface area contributed by atoms with Crippen molar-refractivity contribution in [3.63, 3.8) is 0 Å². The highest BCUT2D eigenvalue weighted by Gasteiger charge is 2.17. The van der Waals surface area contributed by atoms with E-state index in [-0.39, 0.29) is 4.90 Å². The molecule has 0 fully saturated rings. The second-order valence-electron chi connectivity index (χ2n) is 4.02. The molecule has 7 nitrogen and oxygen atoms in total. The van der Waals surface area contributed by atoms with Crippen molar-refractivity contribution in [2.75, 3.05) is 18.1 Å². The molecule has 1 aromatic heterocycles. The van der Waals surface area contributed by atoms with E-state index >= 15 is 0 Å². The molecular weight excluding hydrogens is 278 g/mol. The number of nitrogen functional groups attached to an aromatic ring is 1. The molecule has 2 aromatic rings. The van der Waals surface area contributed by atoms with Gasteiger partial charge >= 0.3 is 0 Å². The second-order valence-corrected chi connectivity index (χ2v) is 5.87. The molecule has 0 amide bonds. The summed E-state index contributed by atoms with van der Waals surface area (Å²) in [4.78, 5) is 7.99. The third-order valence-corrected chi connectivity index (χ3v) is 4.12. The van der Waals surface area contributed by atoms with Gasteiger partial charge in [0, 0.05) is 11.9 Å². The molecule has 0 spiro atoms. The van der Waals surface area contributed by atoms with Crippen LogP contribution in [0.1, 0.15) is 5.69 Å². The Hall–Kier alpha value is -2.19. The summed E-state index contributed by atoms with van der Waals surface area (Å²) in [6.45, 7) is 0.388. The van der Waals surface area contributed by atoms with Crippen LogP contribution in [0, 0.1) is 0 Å². The third-order valence-electron chi connectivity index (χ3n) is 2.67. The lowest BCUT2D eigenvalue weighted by Gasteiger charge is -2.12. The van der Waals surface area contributed by atoms with Gasteiger partial charge in [0.1, 0.15) is 11.2 Å². The number of anilines is 2. The minimum Gasteiger partial charge on any atom is -0.399 e. The zero-order valence-electron chi connectivity index (χ0n) is 10.9. The molecule has 0 bridgehead atoms. The van der Waals surface area contributed by atoms with Crippen LogP contribution < -0.4 is 15.8 Å². The Labute approximate surface area is 117 Å². The van der Waals surface area contributed by atoms with Gasteiger partial charge in [-0.15, -0.1) is 0 Å². The maximum Gasteiger partial charge on any atom is 0.242 e. The second kappa shape index (κ2) is 5.85. The van der Waals surface area contributed by atoms with E-state index in [4.69, 9.17) is 5.73 Å². The first-order valence-corrected chi connectivity index (χ1v) is 7.33. The average molecular weight is 293 g/mol. The summed E-state index contributed by atoms with van der Waals surface area (Å²) in [5, 5.41) is 3.03. The highest BCUT2D eigenvalue weighted by atomic mass is 32.2. The van der Waals surface area contributed by atoms with Crippen LogP contribution in [0.5, 0.6) is 0 Å². The van der Waals surface area contributed by atoms with Gasteiger partial charge < -0.3 is 11.1 Å². The Balaban J connectivity index is 2.28. The van der Waals surface area contributed by atoms with Crippen molar-refractivity contribution in [2.45, 2.75) is 11.4 Å². The average Bonchev–Trinajstić information content (AvgIpc) is 2.47. The highest BCUT2D eigenvalue weighted by molar-refractivity contribution is 7.89. The fourth-order valence-electron chi connectivity index (χ4n) is 1.63. The Morgan fingerprint density at radius 3 is 2.75 bits per heavy atom. The number of hydrogen-bond donors (Lipinski definition) is 3. The monoisotopic (exact) mass is 293 g/mol. The minimum absolute atomic E-state index is 0.106. The Bertz CT molecular complexity index is 688. The summed E-state index contributed by atoms with van der Waals surface area (Å²) >= 11 is 0. The van der Waals surface area contributed by atoms with Crippen molar-refractivity contribution in [3.8, 4) is 0 Å². The molecule has 0 unspecified atom stereocenters. The molecule has 0 saturated carbocycles. The number of rotatable bonds is 5. The fourth-order valence-corrected chi connectivity index (χ4v) is 2.57. The first kappa shape index (κ1) is 14.2. The largest absolute Gasteiger partial charge is 0.399 e. The summed E-state index contributed by atoms with van der Waals surface area (Å²) < 4.78 is 26.2.